The van der Waals surface area contributed by atoms with Gasteiger partial charge in [-0.1, -0.05) is 74.5 Å². The van der Waals surface area contributed by atoms with Crippen molar-refractivity contribution >= 4 is 23.8 Å². The van der Waals surface area contributed by atoms with E-state index in [1.54, 1.807) is 9.80 Å². The van der Waals surface area contributed by atoms with Crippen LogP contribution in [-0.2, 0) is 48.5 Å². The van der Waals surface area contributed by atoms with Gasteiger partial charge in [0.2, 0.25) is 0 Å². The number of ether oxygens (including phenoxy) is 2. The van der Waals surface area contributed by atoms with E-state index in [4.69, 9.17) is 9.47 Å². The molecule has 408 valence electrons. The molecule has 0 unspecified atom stereocenters. The van der Waals surface area contributed by atoms with Crippen molar-refractivity contribution in [2.75, 3.05) is 49.1 Å². The second kappa shape index (κ2) is 22.9. The summed E-state index contributed by atoms with van der Waals surface area (Å²) >= 11 is 0. The number of aromatic nitrogens is 5. The summed E-state index contributed by atoms with van der Waals surface area (Å²) < 4.78 is 28.3. The van der Waals surface area contributed by atoms with Gasteiger partial charge in [-0.05, 0) is 105 Å². The number of anilines is 2. The molecule has 7 heterocycles. The highest BCUT2D eigenvalue weighted by Crippen LogP contribution is 2.35. The van der Waals surface area contributed by atoms with Crippen molar-refractivity contribution in [2.24, 2.45) is 0 Å². The Morgan fingerprint density at radius 1 is 0.671 bits per heavy atom. The number of fused-ring (bicyclic) bond motifs is 2. The molecule has 2 aromatic carbocycles. The van der Waals surface area contributed by atoms with Crippen molar-refractivity contribution in [2.45, 2.75) is 163 Å². The maximum Gasteiger partial charge on any atom is 0.410 e. The predicted octanol–water partition coefficient (Wildman–Crippen LogP) is 8.44. The van der Waals surface area contributed by atoms with E-state index in [-0.39, 0.29) is 53.6 Å². The van der Waals surface area contributed by atoms with Crippen LogP contribution < -0.4 is 21.2 Å². The van der Waals surface area contributed by atoms with Crippen LogP contribution in [0.3, 0.4) is 0 Å². The molecule has 2 amide bonds. The summed E-state index contributed by atoms with van der Waals surface area (Å²) in [4.78, 5) is 81.1. The molecule has 17 nitrogen and oxygen atoms in total. The molecule has 1 N–H and O–H groups in total. The van der Waals surface area contributed by atoms with E-state index in [2.05, 4.69) is 82.9 Å². The molecule has 76 heavy (non-hydrogen) atoms. The first kappa shape index (κ1) is 55.6. The molecule has 4 atom stereocenters. The number of benzene rings is 2. The second-order valence-corrected chi connectivity index (χ2v) is 23.3. The topological polar surface area (TPSA) is 166 Å². The number of carbonyl (C=O) groups excluding carboxylic acids is 2. The van der Waals surface area contributed by atoms with Crippen molar-refractivity contribution in [1.82, 2.24) is 44.1 Å². The van der Waals surface area contributed by atoms with Gasteiger partial charge >= 0.3 is 23.6 Å². The fraction of sp³-hybridized carbons (Fsp3) is 0.534. The quantitative estimate of drug-likeness (QED) is 0.158. The average Bonchev–Trinajstić information content (AvgIpc) is 3.37. The van der Waals surface area contributed by atoms with Crippen LogP contribution in [-0.4, -0.2) is 131 Å². The Morgan fingerprint density at radius 2 is 1.16 bits per heavy atom. The molecular weight excluding hydrogens is 966 g/mol. The molecule has 0 bridgehead atoms. The molecule has 0 aliphatic carbocycles. The number of piperazine rings is 2. The number of nitrogens with one attached hydrogen (secondary N) is 1. The third kappa shape index (κ3) is 12.9. The Morgan fingerprint density at radius 3 is 1.66 bits per heavy atom. The van der Waals surface area contributed by atoms with E-state index in [9.17, 15) is 19.2 Å². The Labute approximate surface area is 447 Å². The number of hydrogen-bond donors (Lipinski definition) is 1. The van der Waals surface area contributed by atoms with E-state index in [1.165, 1.54) is 28.0 Å². The molecule has 4 aliphatic rings. The molecular formula is C58H78FN11O6. The minimum atomic E-state index is -0.593. The smallest absolute Gasteiger partial charge is 0.410 e. The summed E-state index contributed by atoms with van der Waals surface area (Å²) in [5.41, 5.74) is 4.89. The van der Waals surface area contributed by atoms with Gasteiger partial charge in [-0.25, -0.2) is 23.6 Å². The number of hydrogen-bond acceptors (Lipinski definition) is 13. The summed E-state index contributed by atoms with van der Waals surface area (Å²) in [5, 5.41) is 0. The van der Waals surface area contributed by atoms with Crippen molar-refractivity contribution in [3.63, 3.8) is 0 Å². The SMILES string of the molecule is CC(C)c1nccc(F)c1-n1c2c(c(N3C[C@@H](C)N(C(=O)OC(C)(C)C)C[C@@H]3C)nc1=O)CCN(Cc1ccccc1)C2.C[C@@H]1CN(c2nc(=O)[nH]c3c2CCN(Cc2ccccc2)C3)[C@@H](C)CN1C(=O)OC(C)(C)C. The Hall–Kier alpha value is -6.66. The van der Waals surface area contributed by atoms with E-state index in [0.29, 0.717) is 63.7 Å². The maximum absolute atomic E-state index is 15.6. The zero-order valence-electron chi connectivity index (χ0n) is 46.6. The number of nitrogens with zero attached hydrogens (tertiary/aromatic N) is 10. The second-order valence-electron chi connectivity index (χ2n) is 23.3. The van der Waals surface area contributed by atoms with Crippen LogP contribution in [0.25, 0.3) is 5.69 Å². The number of aromatic amines is 1. The Kier molecular flexibility index (Phi) is 16.7. The third-order valence-electron chi connectivity index (χ3n) is 14.4. The lowest BCUT2D eigenvalue weighted by Gasteiger charge is -2.45. The van der Waals surface area contributed by atoms with Crippen molar-refractivity contribution < 1.29 is 23.5 Å². The number of carbonyl (C=O) groups is 2. The first-order valence-corrected chi connectivity index (χ1v) is 26.9. The van der Waals surface area contributed by atoms with Crippen LogP contribution in [0.2, 0.25) is 0 Å². The summed E-state index contributed by atoms with van der Waals surface area (Å²) in [6.45, 7) is 29.7. The van der Waals surface area contributed by atoms with Crippen LogP contribution in [0.5, 0.6) is 0 Å². The minimum Gasteiger partial charge on any atom is -0.444 e. The highest BCUT2D eigenvalue weighted by Gasteiger charge is 2.40. The van der Waals surface area contributed by atoms with E-state index in [1.807, 2.05) is 100 Å². The van der Waals surface area contributed by atoms with Crippen molar-refractivity contribution in [3.8, 4) is 5.69 Å². The van der Waals surface area contributed by atoms with Gasteiger partial charge in [-0.2, -0.15) is 9.97 Å². The van der Waals surface area contributed by atoms with Crippen molar-refractivity contribution in [1.29, 1.82) is 0 Å². The molecule has 9 rings (SSSR count). The van der Waals surface area contributed by atoms with Crippen LogP contribution in [0.15, 0.2) is 82.5 Å². The number of H-pyrrole nitrogens is 1. The maximum atomic E-state index is 15.6. The monoisotopic (exact) mass is 1040 g/mol. The molecule has 5 aromatic rings. The van der Waals surface area contributed by atoms with E-state index >= 15 is 4.39 Å². The molecule has 3 aromatic heterocycles. The average molecular weight is 1040 g/mol. The number of halogens is 1. The minimum absolute atomic E-state index is 0.0227. The van der Waals surface area contributed by atoms with Gasteiger partial charge in [0.1, 0.15) is 28.5 Å². The standard InChI is InChI=1S/C33H43FN6O3.C25H35N5O3/c1-21(2)28-29(26(34)13-15-35-28)40-27-20-37(19-24-11-9-8-10-12-24)16-14-25(27)30(36-31(40)41)38-17-23(4)39(18-22(38)3)32(42)43-33(5,6)7;1-17-14-30(24(32)33-25(3,4)5)18(2)13-29(17)22-20-11-12-28(15-19-9-7-6-8-10-19)16-21(20)26-23(31)27-22/h8-13,15,21-23H,14,16-20H2,1-7H3;6-10,17-18H,11-16H2,1-5H3,(H,26,27,31)/t22-,23+;17-,18+/m00/s1. The molecule has 2 saturated heterocycles. The summed E-state index contributed by atoms with van der Waals surface area (Å²) in [7, 11) is 0. The third-order valence-corrected chi connectivity index (χ3v) is 14.4. The predicted molar refractivity (Wildman–Crippen MR) is 293 cm³/mol. The van der Waals surface area contributed by atoms with Crippen LogP contribution in [0.4, 0.5) is 25.6 Å². The number of amides is 2. The fourth-order valence-corrected chi connectivity index (χ4v) is 10.8. The van der Waals surface area contributed by atoms with E-state index < -0.39 is 22.7 Å². The normalized spacial score (nSPS) is 20.4. The van der Waals surface area contributed by atoms with Gasteiger partial charge in [-0.3, -0.25) is 19.4 Å². The lowest BCUT2D eigenvalue weighted by atomic mass is 10.00. The van der Waals surface area contributed by atoms with Gasteiger partial charge in [-0.15, -0.1) is 0 Å². The number of pyridine rings is 1. The zero-order chi connectivity index (χ0) is 54.8. The van der Waals surface area contributed by atoms with Crippen LogP contribution in [0, 0.1) is 5.82 Å². The van der Waals surface area contributed by atoms with E-state index in [0.717, 1.165) is 54.4 Å². The zero-order valence-corrected chi connectivity index (χ0v) is 46.6. The first-order chi connectivity index (χ1) is 35.9. The molecule has 0 radical (unpaired) electrons. The first-order valence-electron chi connectivity index (χ1n) is 26.9. The molecule has 4 aliphatic heterocycles. The lowest BCUT2D eigenvalue weighted by molar-refractivity contribution is 0.0119. The van der Waals surface area contributed by atoms with Crippen LogP contribution >= 0.6 is 0 Å². The molecule has 0 spiro atoms. The number of rotatable bonds is 8. The summed E-state index contributed by atoms with van der Waals surface area (Å²) in [6, 6.07) is 21.6. The van der Waals surface area contributed by atoms with Crippen LogP contribution in [0.1, 0.15) is 128 Å². The molecule has 0 saturated carbocycles. The summed E-state index contributed by atoms with van der Waals surface area (Å²) in [5.74, 6) is 0.787. The Balaban J connectivity index is 0.000000209. The molecule has 18 heteroatoms. The van der Waals surface area contributed by atoms with Gasteiger partial charge in [0, 0.05) is 118 Å². The van der Waals surface area contributed by atoms with Gasteiger partial charge in [0.25, 0.3) is 0 Å². The van der Waals surface area contributed by atoms with Gasteiger partial charge in [0.05, 0.1) is 5.69 Å². The highest BCUT2D eigenvalue weighted by atomic mass is 19.1. The lowest BCUT2D eigenvalue weighted by Crippen LogP contribution is -2.59. The van der Waals surface area contributed by atoms with Crippen molar-refractivity contribution in [3.05, 3.63) is 139 Å². The summed E-state index contributed by atoms with van der Waals surface area (Å²) in [6.07, 6.45) is 2.29. The fourth-order valence-electron chi connectivity index (χ4n) is 10.8. The largest absolute Gasteiger partial charge is 0.444 e. The van der Waals surface area contributed by atoms with Gasteiger partial charge in [0.15, 0.2) is 5.82 Å². The Bertz CT molecular complexity index is 2970. The van der Waals surface area contributed by atoms with Gasteiger partial charge < -0.3 is 34.1 Å². The molecule has 2 fully saturated rings. The highest BCUT2D eigenvalue weighted by molar-refractivity contribution is 5.70.